The number of amides is 1. The zero-order chi connectivity index (χ0) is 12.5. The predicted molar refractivity (Wildman–Crippen MR) is 60.5 cm³/mol. The van der Waals surface area contributed by atoms with E-state index >= 15 is 0 Å². The van der Waals surface area contributed by atoms with Crippen LogP contribution in [-0.4, -0.2) is 36.7 Å². The zero-order valence-corrected chi connectivity index (χ0v) is 10.1. The highest BCUT2D eigenvalue weighted by molar-refractivity contribution is 6.04. The first kappa shape index (κ1) is 12.4. The molecule has 5 heteroatoms. The van der Waals surface area contributed by atoms with Gasteiger partial charge in [0.1, 0.15) is 5.41 Å². The maximum atomic E-state index is 11.8. The van der Waals surface area contributed by atoms with E-state index in [1.165, 1.54) is 0 Å². The standard InChI is InChI=1S/C12H19NO4/c1-11(4-6-17-7-5-11)8-13-9(14)12(2-3-12)10(15)16/h2-8H2,1H3,(H,13,14)(H,15,16). The summed E-state index contributed by atoms with van der Waals surface area (Å²) in [6.07, 6.45) is 2.75. The summed E-state index contributed by atoms with van der Waals surface area (Å²) < 4.78 is 5.28. The van der Waals surface area contributed by atoms with E-state index in [-0.39, 0.29) is 11.3 Å². The highest BCUT2D eigenvalue weighted by Gasteiger charge is 2.57. The molecular weight excluding hydrogens is 222 g/mol. The molecule has 0 spiro atoms. The van der Waals surface area contributed by atoms with Gasteiger partial charge in [0.15, 0.2) is 0 Å². The van der Waals surface area contributed by atoms with Crippen LogP contribution in [0, 0.1) is 10.8 Å². The summed E-state index contributed by atoms with van der Waals surface area (Å²) in [5, 5.41) is 11.8. The minimum atomic E-state index is -1.12. The Morgan fingerprint density at radius 3 is 2.29 bits per heavy atom. The molecule has 96 valence electrons. The molecular formula is C12H19NO4. The molecule has 2 N–H and O–H groups in total. The Kier molecular flexibility index (Phi) is 3.12. The molecule has 0 unspecified atom stereocenters. The molecule has 1 heterocycles. The molecule has 1 amide bonds. The molecule has 0 aromatic heterocycles. The van der Waals surface area contributed by atoms with Crippen LogP contribution in [0.3, 0.4) is 0 Å². The topological polar surface area (TPSA) is 75.6 Å². The molecule has 1 saturated carbocycles. The van der Waals surface area contributed by atoms with Gasteiger partial charge in [-0.1, -0.05) is 6.92 Å². The van der Waals surface area contributed by atoms with E-state index in [1.54, 1.807) is 0 Å². The van der Waals surface area contributed by atoms with Crippen molar-refractivity contribution in [2.75, 3.05) is 19.8 Å². The van der Waals surface area contributed by atoms with Crippen LogP contribution in [-0.2, 0) is 14.3 Å². The lowest BCUT2D eigenvalue weighted by atomic mass is 9.82. The highest BCUT2D eigenvalue weighted by Crippen LogP contribution is 2.46. The van der Waals surface area contributed by atoms with Crippen LogP contribution >= 0.6 is 0 Å². The van der Waals surface area contributed by atoms with Gasteiger partial charge < -0.3 is 15.2 Å². The average molecular weight is 241 g/mol. The second kappa shape index (κ2) is 4.29. The monoisotopic (exact) mass is 241 g/mol. The van der Waals surface area contributed by atoms with E-state index in [0.717, 1.165) is 26.1 Å². The Labute approximate surface area is 101 Å². The van der Waals surface area contributed by atoms with E-state index in [9.17, 15) is 9.59 Å². The van der Waals surface area contributed by atoms with Crippen LogP contribution in [0.15, 0.2) is 0 Å². The molecule has 1 aliphatic heterocycles. The van der Waals surface area contributed by atoms with Crippen LogP contribution in [0.5, 0.6) is 0 Å². The summed E-state index contributed by atoms with van der Waals surface area (Å²) >= 11 is 0. The van der Waals surface area contributed by atoms with Crippen molar-refractivity contribution >= 4 is 11.9 Å². The first-order valence-corrected chi connectivity index (χ1v) is 6.08. The summed E-state index contributed by atoms with van der Waals surface area (Å²) in [7, 11) is 0. The van der Waals surface area contributed by atoms with E-state index in [0.29, 0.717) is 19.4 Å². The Bertz CT molecular complexity index is 329. The van der Waals surface area contributed by atoms with Crippen LogP contribution in [0.4, 0.5) is 0 Å². The Balaban J connectivity index is 1.86. The van der Waals surface area contributed by atoms with Gasteiger partial charge in [-0.25, -0.2) is 0 Å². The molecule has 1 aliphatic carbocycles. The summed E-state index contributed by atoms with van der Waals surface area (Å²) in [5.74, 6) is -1.31. The molecule has 5 nitrogen and oxygen atoms in total. The largest absolute Gasteiger partial charge is 0.480 e. The maximum absolute atomic E-state index is 11.8. The smallest absolute Gasteiger partial charge is 0.319 e. The van der Waals surface area contributed by atoms with Crippen LogP contribution in [0.1, 0.15) is 32.6 Å². The third kappa shape index (κ3) is 2.44. The number of rotatable bonds is 4. The van der Waals surface area contributed by atoms with Crippen LogP contribution in [0.25, 0.3) is 0 Å². The van der Waals surface area contributed by atoms with Gasteiger partial charge in [-0.3, -0.25) is 9.59 Å². The van der Waals surface area contributed by atoms with Gasteiger partial charge in [0, 0.05) is 19.8 Å². The summed E-state index contributed by atoms with van der Waals surface area (Å²) in [4.78, 5) is 22.8. The lowest BCUT2D eigenvalue weighted by Crippen LogP contribution is -2.44. The van der Waals surface area contributed by atoms with Crippen molar-refractivity contribution in [3.8, 4) is 0 Å². The average Bonchev–Trinajstić information content (AvgIpc) is 3.08. The number of ether oxygens (including phenoxy) is 1. The van der Waals surface area contributed by atoms with E-state index in [4.69, 9.17) is 9.84 Å². The third-order valence-corrected chi connectivity index (χ3v) is 3.97. The van der Waals surface area contributed by atoms with E-state index in [2.05, 4.69) is 12.2 Å². The highest BCUT2D eigenvalue weighted by atomic mass is 16.5. The van der Waals surface area contributed by atoms with Crippen molar-refractivity contribution in [3.63, 3.8) is 0 Å². The second-order valence-corrected chi connectivity index (χ2v) is 5.49. The normalized spacial score (nSPS) is 25.0. The van der Waals surface area contributed by atoms with Gasteiger partial charge in [-0.2, -0.15) is 0 Å². The van der Waals surface area contributed by atoms with Gasteiger partial charge >= 0.3 is 5.97 Å². The number of carboxylic acid groups (broad SMARTS) is 1. The van der Waals surface area contributed by atoms with Gasteiger partial charge in [0.05, 0.1) is 0 Å². The molecule has 0 aromatic carbocycles. The minimum Gasteiger partial charge on any atom is -0.480 e. The number of aliphatic carboxylic acids is 1. The molecule has 0 bridgehead atoms. The number of carbonyl (C=O) groups is 2. The summed E-state index contributed by atoms with van der Waals surface area (Å²) in [6.45, 7) is 4.09. The third-order valence-electron chi connectivity index (χ3n) is 3.97. The minimum absolute atomic E-state index is 0.0441. The Morgan fingerprint density at radius 2 is 1.82 bits per heavy atom. The fraction of sp³-hybridized carbons (Fsp3) is 0.833. The van der Waals surface area contributed by atoms with Gasteiger partial charge in [0.25, 0.3) is 0 Å². The van der Waals surface area contributed by atoms with Gasteiger partial charge in [0.2, 0.25) is 5.91 Å². The maximum Gasteiger partial charge on any atom is 0.319 e. The van der Waals surface area contributed by atoms with E-state index in [1.807, 2.05) is 0 Å². The van der Waals surface area contributed by atoms with Crippen molar-refractivity contribution in [1.82, 2.24) is 5.32 Å². The molecule has 0 radical (unpaired) electrons. The van der Waals surface area contributed by atoms with Crippen LogP contribution < -0.4 is 5.32 Å². The SMILES string of the molecule is CC1(CNC(=O)C2(C(=O)O)CC2)CCOCC1. The molecule has 0 aromatic rings. The van der Waals surface area contributed by atoms with Gasteiger partial charge in [-0.15, -0.1) is 0 Å². The first-order valence-electron chi connectivity index (χ1n) is 6.08. The molecule has 2 aliphatic rings. The second-order valence-electron chi connectivity index (χ2n) is 5.49. The van der Waals surface area contributed by atoms with Crippen molar-refractivity contribution in [2.24, 2.45) is 10.8 Å². The Morgan fingerprint density at radius 1 is 1.24 bits per heavy atom. The van der Waals surface area contributed by atoms with Crippen molar-refractivity contribution in [3.05, 3.63) is 0 Å². The molecule has 17 heavy (non-hydrogen) atoms. The van der Waals surface area contributed by atoms with Crippen molar-refractivity contribution in [2.45, 2.75) is 32.6 Å². The first-order chi connectivity index (χ1) is 7.99. The number of hydrogen-bond donors (Lipinski definition) is 2. The molecule has 2 rings (SSSR count). The Hall–Kier alpha value is -1.10. The fourth-order valence-electron chi connectivity index (χ4n) is 2.17. The lowest BCUT2D eigenvalue weighted by Gasteiger charge is -2.33. The number of hydrogen-bond acceptors (Lipinski definition) is 3. The number of nitrogens with one attached hydrogen (secondary N) is 1. The van der Waals surface area contributed by atoms with Gasteiger partial charge in [-0.05, 0) is 31.1 Å². The van der Waals surface area contributed by atoms with Crippen molar-refractivity contribution in [1.29, 1.82) is 0 Å². The lowest BCUT2D eigenvalue weighted by molar-refractivity contribution is -0.149. The number of carbonyl (C=O) groups excluding carboxylic acids is 1. The van der Waals surface area contributed by atoms with E-state index < -0.39 is 11.4 Å². The molecule has 0 atom stereocenters. The molecule has 1 saturated heterocycles. The van der Waals surface area contributed by atoms with Crippen molar-refractivity contribution < 1.29 is 19.4 Å². The summed E-state index contributed by atoms with van der Waals surface area (Å²) in [5.41, 5.74) is -1.08. The molecule has 2 fully saturated rings. The quantitative estimate of drug-likeness (QED) is 0.713. The number of carboxylic acids is 1. The zero-order valence-electron chi connectivity index (χ0n) is 10.1. The predicted octanol–water partition coefficient (Wildman–Crippen LogP) is 0.784. The van der Waals surface area contributed by atoms with Crippen LogP contribution in [0.2, 0.25) is 0 Å². The summed E-state index contributed by atoms with van der Waals surface area (Å²) in [6, 6.07) is 0. The fourth-order valence-corrected chi connectivity index (χ4v) is 2.17.